The van der Waals surface area contributed by atoms with Crippen molar-refractivity contribution in [2.45, 2.75) is 0 Å². The summed E-state index contributed by atoms with van der Waals surface area (Å²) in [5.74, 6) is 1.90. The summed E-state index contributed by atoms with van der Waals surface area (Å²) in [6.07, 6.45) is 0. The van der Waals surface area contributed by atoms with Crippen molar-refractivity contribution in [1.29, 1.82) is 0 Å². The van der Waals surface area contributed by atoms with Gasteiger partial charge < -0.3 is 8.98 Å². The van der Waals surface area contributed by atoms with Crippen LogP contribution >= 0.6 is 0 Å². The Balaban J connectivity index is 0.988. The van der Waals surface area contributed by atoms with Gasteiger partial charge in [-0.2, -0.15) is 0 Å². The van der Waals surface area contributed by atoms with Gasteiger partial charge in [0.15, 0.2) is 17.5 Å². The Hall–Kier alpha value is -7.63. The maximum atomic E-state index is 6.53. The SMILES string of the molecule is c1ccc(-c2ccc3c(c2)c2ccccc2n3-c2ccc3oc4cc(-c5cccc(-c6nc(-c7ccccc7)nc(-c7ccccc7)n6)c5)ccc4c3c2)cc1. The lowest BCUT2D eigenvalue weighted by atomic mass is 10.0. The van der Waals surface area contributed by atoms with Crippen molar-refractivity contribution < 1.29 is 4.42 Å². The van der Waals surface area contributed by atoms with E-state index in [4.69, 9.17) is 19.4 Å². The van der Waals surface area contributed by atoms with Crippen molar-refractivity contribution in [3.05, 3.63) is 194 Å². The molecule has 8 aromatic carbocycles. The van der Waals surface area contributed by atoms with Crippen molar-refractivity contribution in [2.24, 2.45) is 0 Å². The Kier molecular flexibility index (Phi) is 7.42. The Bertz CT molecular complexity index is 3180. The summed E-state index contributed by atoms with van der Waals surface area (Å²) in [6, 6.07) is 67.5. The number of fused-ring (bicyclic) bond motifs is 6. The molecule has 0 radical (unpaired) electrons. The van der Waals surface area contributed by atoms with E-state index in [1.54, 1.807) is 0 Å². The molecule has 0 aliphatic carbocycles. The first-order chi connectivity index (χ1) is 27.7. The van der Waals surface area contributed by atoms with Crippen LogP contribution in [0.15, 0.2) is 199 Å². The van der Waals surface area contributed by atoms with Gasteiger partial charge in [-0.05, 0) is 76.9 Å². The van der Waals surface area contributed by atoms with E-state index in [1.165, 1.54) is 32.9 Å². The van der Waals surface area contributed by atoms with E-state index in [0.717, 1.165) is 55.4 Å². The van der Waals surface area contributed by atoms with Gasteiger partial charge in [0.2, 0.25) is 0 Å². The fraction of sp³-hybridized carbons (Fsp3) is 0. The first-order valence-corrected chi connectivity index (χ1v) is 18.8. The van der Waals surface area contributed by atoms with Crippen LogP contribution in [0.3, 0.4) is 0 Å². The third-order valence-corrected chi connectivity index (χ3v) is 10.6. The fourth-order valence-electron chi connectivity index (χ4n) is 7.92. The van der Waals surface area contributed by atoms with E-state index in [-0.39, 0.29) is 0 Å². The standard InChI is InChI=1S/C51H32N4O/c1-4-13-33(14-5-1)37-24-27-46-43(30-37)41-21-10-11-22-45(41)55(46)40-25-28-47-44(32-40)42-26-23-38(31-48(42)56-47)36-19-12-20-39(29-36)51-53-49(34-15-6-2-7-16-34)52-50(54-51)35-17-8-3-9-18-35/h1-32H. The molecule has 3 heterocycles. The number of nitrogens with zero attached hydrogens (tertiary/aromatic N) is 4. The molecule has 5 heteroatoms. The highest BCUT2D eigenvalue weighted by Gasteiger charge is 2.17. The van der Waals surface area contributed by atoms with E-state index in [1.807, 2.05) is 60.7 Å². The van der Waals surface area contributed by atoms with E-state index in [9.17, 15) is 0 Å². The Labute approximate surface area is 322 Å². The lowest BCUT2D eigenvalue weighted by Gasteiger charge is -2.09. The molecule has 0 atom stereocenters. The molecule has 0 spiro atoms. The van der Waals surface area contributed by atoms with Crippen LogP contribution in [0, 0.1) is 0 Å². The van der Waals surface area contributed by atoms with Crippen molar-refractivity contribution in [2.75, 3.05) is 0 Å². The number of furan rings is 1. The lowest BCUT2D eigenvalue weighted by Crippen LogP contribution is -2.00. The molecule has 0 N–H and O–H groups in total. The number of aromatic nitrogens is 4. The van der Waals surface area contributed by atoms with Crippen LogP contribution in [0.4, 0.5) is 0 Å². The van der Waals surface area contributed by atoms with E-state index in [0.29, 0.717) is 17.5 Å². The fourth-order valence-corrected chi connectivity index (χ4v) is 7.92. The highest BCUT2D eigenvalue weighted by molar-refractivity contribution is 6.11. The van der Waals surface area contributed by atoms with Gasteiger partial charge in [0.05, 0.1) is 11.0 Å². The highest BCUT2D eigenvalue weighted by Crippen LogP contribution is 2.38. The summed E-state index contributed by atoms with van der Waals surface area (Å²) >= 11 is 0. The minimum absolute atomic E-state index is 0.623. The average molecular weight is 717 g/mol. The first-order valence-electron chi connectivity index (χ1n) is 18.8. The molecule has 0 saturated carbocycles. The summed E-state index contributed by atoms with van der Waals surface area (Å²) < 4.78 is 8.89. The average Bonchev–Trinajstić information content (AvgIpc) is 3.81. The van der Waals surface area contributed by atoms with Crippen LogP contribution in [-0.4, -0.2) is 19.5 Å². The normalized spacial score (nSPS) is 11.6. The second-order valence-electron chi connectivity index (χ2n) is 14.1. The maximum absolute atomic E-state index is 6.53. The zero-order chi connectivity index (χ0) is 37.0. The smallest absolute Gasteiger partial charge is 0.164 e. The minimum Gasteiger partial charge on any atom is -0.456 e. The van der Waals surface area contributed by atoms with E-state index in [2.05, 4.69) is 138 Å². The molecule has 0 unspecified atom stereocenters. The first kappa shape index (κ1) is 31.9. The van der Waals surface area contributed by atoms with Crippen molar-refractivity contribution >= 4 is 43.7 Å². The summed E-state index contributed by atoms with van der Waals surface area (Å²) in [5, 5.41) is 4.62. The summed E-state index contributed by atoms with van der Waals surface area (Å²) in [7, 11) is 0. The quantitative estimate of drug-likeness (QED) is 0.172. The molecule has 3 aromatic heterocycles. The molecule has 11 aromatic rings. The summed E-state index contributed by atoms with van der Waals surface area (Å²) in [5.41, 5.74) is 12.5. The molecule has 0 amide bonds. The zero-order valence-electron chi connectivity index (χ0n) is 30.2. The Morgan fingerprint density at radius 1 is 0.304 bits per heavy atom. The molecular weight excluding hydrogens is 685 g/mol. The molecule has 0 bridgehead atoms. The second kappa shape index (κ2) is 13.0. The van der Waals surface area contributed by atoms with Crippen LogP contribution in [0.1, 0.15) is 0 Å². The Morgan fingerprint density at radius 2 is 0.857 bits per heavy atom. The highest BCUT2D eigenvalue weighted by atomic mass is 16.3. The second-order valence-corrected chi connectivity index (χ2v) is 14.1. The molecular formula is C51H32N4O. The van der Waals surface area contributed by atoms with Crippen LogP contribution < -0.4 is 0 Å². The zero-order valence-corrected chi connectivity index (χ0v) is 30.2. The van der Waals surface area contributed by atoms with Crippen molar-refractivity contribution in [3.63, 3.8) is 0 Å². The van der Waals surface area contributed by atoms with E-state index < -0.39 is 0 Å². The van der Waals surface area contributed by atoms with Gasteiger partial charge in [0, 0.05) is 43.9 Å². The summed E-state index contributed by atoms with van der Waals surface area (Å²) in [4.78, 5) is 14.8. The largest absolute Gasteiger partial charge is 0.456 e. The lowest BCUT2D eigenvalue weighted by molar-refractivity contribution is 0.669. The van der Waals surface area contributed by atoms with Crippen LogP contribution in [-0.2, 0) is 0 Å². The molecule has 262 valence electrons. The molecule has 0 fully saturated rings. The molecule has 0 aliphatic heterocycles. The number of rotatable bonds is 6. The third-order valence-electron chi connectivity index (χ3n) is 10.6. The predicted molar refractivity (Wildman–Crippen MR) is 229 cm³/mol. The predicted octanol–water partition coefficient (Wildman–Crippen LogP) is 13.2. The van der Waals surface area contributed by atoms with Gasteiger partial charge in [-0.1, -0.05) is 140 Å². The van der Waals surface area contributed by atoms with Crippen molar-refractivity contribution in [1.82, 2.24) is 19.5 Å². The van der Waals surface area contributed by atoms with Gasteiger partial charge in [0.1, 0.15) is 11.2 Å². The molecule has 0 aliphatic rings. The van der Waals surface area contributed by atoms with Crippen LogP contribution in [0.2, 0.25) is 0 Å². The number of hydrogen-bond acceptors (Lipinski definition) is 4. The van der Waals surface area contributed by atoms with E-state index >= 15 is 0 Å². The van der Waals surface area contributed by atoms with Gasteiger partial charge in [-0.25, -0.2) is 15.0 Å². The minimum atomic E-state index is 0.623. The molecule has 11 rings (SSSR count). The third kappa shape index (κ3) is 5.45. The van der Waals surface area contributed by atoms with Gasteiger partial charge in [0.25, 0.3) is 0 Å². The monoisotopic (exact) mass is 716 g/mol. The number of para-hydroxylation sites is 1. The Morgan fingerprint density at radius 3 is 1.59 bits per heavy atom. The molecule has 56 heavy (non-hydrogen) atoms. The van der Waals surface area contributed by atoms with Crippen LogP contribution in [0.25, 0.3) is 106 Å². The topological polar surface area (TPSA) is 56.7 Å². The van der Waals surface area contributed by atoms with Gasteiger partial charge in [-0.3, -0.25) is 0 Å². The summed E-state index contributed by atoms with van der Waals surface area (Å²) in [6.45, 7) is 0. The molecule has 0 saturated heterocycles. The van der Waals surface area contributed by atoms with Gasteiger partial charge in [-0.15, -0.1) is 0 Å². The molecule has 5 nitrogen and oxygen atoms in total. The number of hydrogen-bond donors (Lipinski definition) is 0. The maximum Gasteiger partial charge on any atom is 0.164 e. The van der Waals surface area contributed by atoms with Crippen LogP contribution in [0.5, 0.6) is 0 Å². The van der Waals surface area contributed by atoms with Gasteiger partial charge >= 0.3 is 0 Å². The van der Waals surface area contributed by atoms with Crippen molar-refractivity contribution in [3.8, 4) is 62.1 Å². The number of benzene rings is 8.